The topological polar surface area (TPSA) is 77.8 Å². The van der Waals surface area contributed by atoms with Gasteiger partial charge in [0.15, 0.2) is 5.69 Å². The zero-order valence-corrected chi connectivity index (χ0v) is 11.2. The number of nitrogens with zero attached hydrogens (tertiary/aromatic N) is 2. The summed E-state index contributed by atoms with van der Waals surface area (Å²) in [5.41, 5.74) is 9.03. The summed E-state index contributed by atoms with van der Waals surface area (Å²) < 4.78 is 39.1. The highest BCUT2D eigenvalue weighted by molar-refractivity contribution is 6.43. The molecule has 0 aliphatic rings. The first-order valence-corrected chi connectivity index (χ1v) is 5.92. The van der Waals surface area contributed by atoms with Crippen LogP contribution in [0.15, 0.2) is 18.2 Å². The van der Waals surface area contributed by atoms with Crippen molar-refractivity contribution >= 4 is 35.0 Å². The molecular weight excluding hydrogens is 316 g/mol. The van der Waals surface area contributed by atoms with E-state index in [0.29, 0.717) is 0 Å². The lowest BCUT2D eigenvalue weighted by molar-refractivity contribution is -0.140. The largest absolute Gasteiger partial charge is 0.434 e. The molecule has 1 heterocycles. The third-order valence-electron chi connectivity index (χ3n) is 2.44. The van der Waals surface area contributed by atoms with Gasteiger partial charge in [0, 0.05) is 5.56 Å². The number of hydrogen-bond acceptors (Lipinski definition) is 4. The standard InChI is InChI=1S/C11H7Cl2F3N4/c12-5-3-1-2-4(7(5)13)6-8(11(14,15)16)19-10(18)20-9(6)17/h1-3H,(H4,17,18,19,20). The number of benzene rings is 1. The van der Waals surface area contributed by atoms with Crippen LogP contribution in [0.5, 0.6) is 0 Å². The zero-order chi connectivity index (χ0) is 15.1. The summed E-state index contributed by atoms with van der Waals surface area (Å²) in [5, 5.41) is 0.0215. The lowest BCUT2D eigenvalue weighted by Gasteiger charge is -2.15. The second-order valence-electron chi connectivity index (χ2n) is 3.79. The Bertz CT molecular complexity index is 673. The van der Waals surface area contributed by atoms with Crippen molar-refractivity contribution in [2.24, 2.45) is 0 Å². The van der Waals surface area contributed by atoms with Crippen molar-refractivity contribution in [2.75, 3.05) is 11.5 Å². The smallest absolute Gasteiger partial charge is 0.383 e. The van der Waals surface area contributed by atoms with E-state index in [1.54, 1.807) is 0 Å². The molecular formula is C11H7Cl2F3N4. The minimum absolute atomic E-state index is 0.0102. The molecule has 4 N–H and O–H groups in total. The van der Waals surface area contributed by atoms with Crippen molar-refractivity contribution in [1.82, 2.24) is 9.97 Å². The maximum Gasteiger partial charge on any atom is 0.434 e. The minimum atomic E-state index is -4.76. The molecule has 0 unspecified atom stereocenters. The Morgan fingerprint density at radius 1 is 1.05 bits per heavy atom. The van der Waals surface area contributed by atoms with Crippen LogP contribution in [-0.2, 0) is 6.18 Å². The lowest BCUT2D eigenvalue weighted by Crippen LogP contribution is -2.15. The maximum atomic E-state index is 13.0. The van der Waals surface area contributed by atoms with Crippen molar-refractivity contribution < 1.29 is 13.2 Å². The van der Waals surface area contributed by atoms with Crippen LogP contribution in [0.4, 0.5) is 24.9 Å². The zero-order valence-electron chi connectivity index (χ0n) is 9.67. The van der Waals surface area contributed by atoms with E-state index in [4.69, 9.17) is 34.7 Å². The van der Waals surface area contributed by atoms with E-state index in [9.17, 15) is 13.2 Å². The summed E-state index contributed by atoms with van der Waals surface area (Å²) in [6.07, 6.45) is -4.76. The van der Waals surface area contributed by atoms with Gasteiger partial charge in [0.1, 0.15) is 5.82 Å². The Balaban J connectivity index is 2.83. The van der Waals surface area contributed by atoms with Gasteiger partial charge < -0.3 is 11.5 Å². The molecule has 0 spiro atoms. The van der Waals surface area contributed by atoms with Gasteiger partial charge in [0.05, 0.1) is 15.6 Å². The number of alkyl halides is 3. The van der Waals surface area contributed by atoms with Gasteiger partial charge in [-0.3, -0.25) is 0 Å². The van der Waals surface area contributed by atoms with Crippen molar-refractivity contribution in [2.45, 2.75) is 6.18 Å². The molecule has 0 fully saturated rings. The van der Waals surface area contributed by atoms with Crippen molar-refractivity contribution in [3.05, 3.63) is 33.9 Å². The van der Waals surface area contributed by atoms with Gasteiger partial charge in [-0.15, -0.1) is 0 Å². The number of rotatable bonds is 1. The Kier molecular flexibility index (Phi) is 3.66. The van der Waals surface area contributed by atoms with Gasteiger partial charge in [0.2, 0.25) is 5.95 Å². The SMILES string of the molecule is Nc1nc(N)c(-c2cccc(Cl)c2Cl)c(C(F)(F)F)n1. The monoisotopic (exact) mass is 322 g/mol. The van der Waals surface area contributed by atoms with Crippen LogP contribution >= 0.6 is 23.2 Å². The summed E-state index contributed by atoms with van der Waals surface area (Å²) in [4.78, 5) is 6.75. The highest BCUT2D eigenvalue weighted by Crippen LogP contribution is 2.42. The Labute approximate surface area is 121 Å². The van der Waals surface area contributed by atoms with E-state index in [0.717, 1.165) is 0 Å². The Hall–Kier alpha value is -1.73. The first-order chi connectivity index (χ1) is 9.21. The van der Waals surface area contributed by atoms with Crippen LogP contribution < -0.4 is 11.5 Å². The van der Waals surface area contributed by atoms with E-state index in [-0.39, 0.29) is 15.6 Å². The highest BCUT2D eigenvalue weighted by atomic mass is 35.5. The fourth-order valence-corrected chi connectivity index (χ4v) is 2.06. The summed E-state index contributed by atoms with van der Waals surface area (Å²) >= 11 is 11.7. The molecule has 1 aromatic heterocycles. The van der Waals surface area contributed by atoms with Crippen LogP contribution in [0.2, 0.25) is 10.0 Å². The molecule has 0 amide bonds. The summed E-state index contributed by atoms with van der Waals surface area (Å²) in [7, 11) is 0. The third-order valence-corrected chi connectivity index (χ3v) is 3.26. The van der Waals surface area contributed by atoms with Crippen molar-refractivity contribution in [3.63, 3.8) is 0 Å². The second-order valence-corrected chi connectivity index (χ2v) is 4.57. The number of hydrogen-bond donors (Lipinski definition) is 2. The molecule has 20 heavy (non-hydrogen) atoms. The van der Waals surface area contributed by atoms with E-state index in [1.165, 1.54) is 18.2 Å². The normalized spacial score (nSPS) is 11.7. The van der Waals surface area contributed by atoms with E-state index in [2.05, 4.69) is 9.97 Å². The van der Waals surface area contributed by atoms with E-state index in [1.807, 2.05) is 0 Å². The van der Waals surface area contributed by atoms with Gasteiger partial charge in [-0.05, 0) is 6.07 Å². The van der Waals surface area contributed by atoms with Crippen LogP contribution in [0.3, 0.4) is 0 Å². The van der Waals surface area contributed by atoms with E-state index < -0.39 is 29.2 Å². The van der Waals surface area contributed by atoms with E-state index >= 15 is 0 Å². The van der Waals surface area contributed by atoms with Gasteiger partial charge in [0.25, 0.3) is 0 Å². The number of aromatic nitrogens is 2. The quantitative estimate of drug-likeness (QED) is 0.840. The average molecular weight is 323 g/mol. The maximum absolute atomic E-state index is 13.0. The van der Waals surface area contributed by atoms with Crippen LogP contribution in [0.1, 0.15) is 5.69 Å². The first kappa shape index (κ1) is 14.7. The number of nitrogens with two attached hydrogens (primary N) is 2. The molecule has 2 rings (SSSR count). The van der Waals surface area contributed by atoms with Crippen LogP contribution in [0, 0.1) is 0 Å². The molecule has 0 radical (unpaired) electrons. The Morgan fingerprint density at radius 2 is 1.70 bits per heavy atom. The van der Waals surface area contributed by atoms with Gasteiger partial charge in [-0.2, -0.15) is 18.2 Å². The number of halogens is 5. The van der Waals surface area contributed by atoms with Crippen molar-refractivity contribution in [3.8, 4) is 11.1 Å². The summed E-state index contributed by atoms with van der Waals surface area (Å²) in [5.74, 6) is -0.995. The predicted octanol–water partition coefficient (Wildman–Crippen LogP) is 3.63. The fraction of sp³-hybridized carbons (Fsp3) is 0.0909. The molecule has 2 aromatic rings. The van der Waals surface area contributed by atoms with Gasteiger partial charge in [-0.1, -0.05) is 35.3 Å². The molecule has 0 aliphatic carbocycles. The molecule has 0 saturated carbocycles. The average Bonchev–Trinajstić information content (AvgIpc) is 2.31. The molecule has 0 atom stereocenters. The minimum Gasteiger partial charge on any atom is -0.383 e. The number of nitrogen functional groups attached to an aromatic ring is 2. The molecule has 4 nitrogen and oxygen atoms in total. The van der Waals surface area contributed by atoms with Crippen molar-refractivity contribution in [1.29, 1.82) is 0 Å². The van der Waals surface area contributed by atoms with Crippen LogP contribution in [-0.4, -0.2) is 9.97 Å². The first-order valence-electron chi connectivity index (χ1n) is 5.16. The molecule has 106 valence electrons. The molecule has 9 heteroatoms. The summed E-state index contributed by atoms with van der Waals surface area (Å²) in [6, 6.07) is 4.23. The second kappa shape index (κ2) is 4.99. The van der Waals surface area contributed by atoms with Crippen LogP contribution in [0.25, 0.3) is 11.1 Å². The predicted molar refractivity (Wildman–Crippen MR) is 71.3 cm³/mol. The molecule has 0 saturated heterocycles. The lowest BCUT2D eigenvalue weighted by atomic mass is 10.0. The van der Waals surface area contributed by atoms with Gasteiger partial charge >= 0.3 is 6.18 Å². The van der Waals surface area contributed by atoms with Gasteiger partial charge in [-0.25, -0.2) is 4.98 Å². The molecule has 0 aliphatic heterocycles. The fourth-order valence-electron chi connectivity index (χ4n) is 1.66. The Morgan fingerprint density at radius 3 is 2.30 bits per heavy atom. The third kappa shape index (κ3) is 2.59. The highest BCUT2D eigenvalue weighted by Gasteiger charge is 2.38. The summed E-state index contributed by atoms with van der Waals surface area (Å²) in [6.45, 7) is 0. The number of anilines is 2. The molecule has 1 aromatic carbocycles. The molecule has 0 bridgehead atoms.